The number of aryl methyl sites for hydroxylation is 2. The number of nitrogens with zero attached hydrogens (tertiary/aromatic N) is 5. The first-order chi connectivity index (χ1) is 15.0. The topological polar surface area (TPSA) is 83.9 Å². The zero-order valence-corrected chi connectivity index (χ0v) is 18.6. The van der Waals surface area contributed by atoms with E-state index in [1.165, 1.54) is 0 Å². The highest BCUT2D eigenvalue weighted by molar-refractivity contribution is 7.09. The number of nitrogens with one attached hydrogen (secondary N) is 1. The minimum Gasteiger partial charge on any atom is -0.339 e. The highest BCUT2D eigenvalue weighted by atomic mass is 32.1. The predicted octanol–water partition coefficient (Wildman–Crippen LogP) is 4.18. The number of hydrogen-bond acceptors (Lipinski definition) is 7. The summed E-state index contributed by atoms with van der Waals surface area (Å²) in [4.78, 5) is 32.0. The van der Waals surface area contributed by atoms with Crippen LogP contribution >= 0.6 is 11.3 Å². The monoisotopic (exact) mass is 434 g/mol. The molecule has 0 atom stereocenters. The highest BCUT2D eigenvalue weighted by Crippen LogP contribution is 2.22. The molecule has 0 bridgehead atoms. The van der Waals surface area contributed by atoms with Crippen molar-refractivity contribution in [2.75, 3.05) is 18.4 Å². The molecule has 31 heavy (non-hydrogen) atoms. The fourth-order valence-corrected chi connectivity index (χ4v) is 4.27. The van der Waals surface area contributed by atoms with Crippen LogP contribution in [0.25, 0.3) is 6.08 Å². The number of anilines is 2. The van der Waals surface area contributed by atoms with Crippen LogP contribution in [0.4, 0.5) is 11.6 Å². The minimum absolute atomic E-state index is 0.0586. The molecule has 0 aliphatic carbocycles. The number of likely N-dealkylation sites (tertiary alicyclic amines) is 1. The summed E-state index contributed by atoms with van der Waals surface area (Å²) in [5.74, 6) is 2.09. The van der Waals surface area contributed by atoms with Crippen molar-refractivity contribution in [1.82, 2.24) is 24.8 Å². The molecule has 3 aromatic rings. The summed E-state index contributed by atoms with van der Waals surface area (Å²) in [5.41, 5.74) is 2.81. The average Bonchev–Trinajstić information content (AvgIpc) is 3.18. The molecule has 0 saturated carbocycles. The lowest BCUT2D eigenvalue weighted by molar-refractivity contribution is -0.127. The van der Waals surface area contributed by atoms with E-state index < -0.39 is 0 Å². The van der Waals surface area contributed by atoms with Crippen molar-refractivity contribution in [2.24, 2.45) is 5.92 Å². The van der Waals surface area contributed by atoms with Crippen molar-refractivity contribution in [2.45, 2.75) is 33.1 Å². The third-order valence-corrected chi connectivity index (χ3v) is 6.12. The van der Waals surface area contributed by atoms with E-state index in [1.54, 1.807) is 29.8 Å². The molecule has 1 aliphatic rings. The Morgan fingerprint density at radius 1 is 1.19 bits per heavy atom. The molecule has 0 unspecified atom stereocenters. The molecule has 1 amide bonds. The number of hydrogen-bond donors (Lipinski definition) is 1. The molecule has 1 fully saturated rings. The molecule has 0 aromatic carbocycles. The third-order valence-electron chi connectivity index (χ3n) is 5.33. The summed E-state index contributed by atoms with van der Waals surface area (Å²) in [5, 5.41) is 6.22. The third kappa shape index (κ3) is 5.95. The second kappa shape index (κ2) is 9.78. The molecule has 1 aliphatic heterocycles. The number of aromatic nitrogens is 4. The second-order valence-electron chi connectivity index (χ2n) is 7.78. The normalized spacial score (nSPS) is 14.8. The summed E-state index contributed by atoms with van der Waals surface area (Å²) >= 11 is 1.59. The van der Waals surface area contributed by atoms with Crippen LogP contribution in [0.1, 0.15) is 34.9 Å². The second-order valence-corrected chi connectivity index (χ2v) is 8.84. The Hall–Kier alpha value is -3.13. The zero-order valence-electron chi connectivity index (χ0n) is 17.8. The number of rotatable bonds is 6. The summed E-state index contributed by atoms with van der Waals surface area (Å²) in [7, 11) is 0. The van der Waals surface area contributed by atoms with E-state index in [-0.39, 0.29) is 5.91 Å². The number of pyridine rings is 1. The van der Waals surface area contributed by atoms with Crippen LogP contribution in [0, 0.1) is 19.8 Å². The van der Waals surface area contributed by atoms with Crippen molar-refractivity contribution >= 4 is 35.0 Å². The van der Waals surface area contributed by atoms with Crippen LogP contribution in [0.3, 0.4) is 0 Å². The van der Waals surface area contributed by atoms with Crippen LogP contribution in [0.5, 0.6) is 0 Å². The van der Waals surface area contributed by atoms with Gasteiger partial charge in [-0.15, -0.1) is 11.3 Å². The Labute approximate surface area is 186 Å². The SMILES string of the molecule is Cc1cccc(Nc2cc(CC3CCN(C(=O)/C=C/c4csc(C)n4)CC3)ncn2)n1. The Morgan fingerprint density at radius 3 is 2.77 bits per heavy atom. The first-order valence-electron chi connectivity index (χ1n) is 10.5. The summed E-state index contributed by atoms with van der Waals surface area (Å²) in [6.45, 7) is 5.47. The van der Waals surface area contributed by atoms with Crippen molar-refractivity contribution in [3.63, 3.8) is 0 Å². The minimum atomic E-state index is 0.0586. The van der Waals surface area contributed by atoms with Gasteiger partial charge >= 0.3 is 0 Å². The lowest BCUT2D eigenvalue weighted by Crippen LogP contribution is -2.38. The van der Waals surface area contributed by atoms with Crippen molar-refractivity contribution in [3.8, 4) is 0 Å². The van der Waals surface area contributed by atoms with E-state index >= 15 is 0 Å². The van der Waals surface area contributed by atoms with Gasteiger partial charge < -0.3 is 10.2 Å². The van der Waals surface area contributed by atoms with Gasteiger partial charge in [0.1, 0.15) is 18.0 Å². The van der Waals surface area contributed by atoms with Crippen LogP contribution in [-0.4, -0.2) is 43.8 Å². The zero-order chi connectivity index (χ0) is 21.6. The van der Waals surface area contributed by atoms with Gasteiger partial charge in [-0.05, 0) is 57.2 Å². The fraction of sp³-hybridized carbons (Fsp3) is 0.348. The first-order valence-corrected chi connectivity index (χ1v) is 11.3. The van der Waals surface area contributed by atoms with Gasteiger partial charge in [0.2, 0.25) is 5.91 Å². The van der Waals surface area contributed by atoms with Gasteiger partial charge in [0.15, 0.2) is 0 Å². The smallest absolute Gasteiger partial charge is 0.246 e. The maximum absolute atomic E-state index is 12.5. The van der Waals surface area contributed by atoms with E-state index in [1.807, 2.05) is 48.4 Å². The summed E-state index contributed by atoms with van der Waals surface area (Å²) in [6.07, 6.45) is 7.86. The molecule has 0 spiro atoms. The lowest BCUT2D eigenvalue weighted by atomic mass is 9.92. The molecule has 0 radical (unpaired) electrons. The maximum atomic E-state index is 12.5. The molecule has 7 nitrogen and oxygen atoms in total. The van der Waals surface area contributed by atoms with E-state index in [9.17, 15) is 4.79 Å². The van der Waals surface area contributed by atoms with Gasteiger partial charge in [-0.25, -0.2) is 19.9 Å². The average molecular weight is 435 g/mol. The van der Waals surface area contributed by atoms with Crippen molar-refractivity contribution in [3.05, 3.63) is 64.1 Å². The Kier molecular flexibility index (Phi) is 6.66. The molecule has 1 N–H and O–H groups in total. The van der Waals surface area contributed by atoms with Gasteiger partial charge in [0.25, 0.3) is 0 Å². The summed E-state index contributed by atoms with van der Waals surface area (Å²) < 4.78 is 0. The number of thiazole rings is 1. The van der Waals surface area contributed by atoms with Crippen molar-refractivity contribution < 1.29 is 4.79 Å². The predicted molar refractivity (Wildman–Crippen MR) is 123 cm³/mol. The van der Waals surface area contributed by atoms with Gasteiger partial charge in [0.05, 0.1) is 10.7 Å². The molecular formula is C23H26N6OS. The van der Waals surface area contributed by atoms with Crippen molar-refractivity contribution in [1.29, 1.82) is 0 Å². The van der Waals surface area contributed by atoms with Crippen LogP contribution in [0.15, 0.2) is 42.0 Å². The number of piperidine rings is 1. The van der Waals surface area contributed by atoms with Gasteiger partial charge in [-0.3, -0.25) is 4.79 Å². The number of carbonyl (C=O) groups is 1. The first kappa shape index (κ1) is 21.1. The van der Waals surface area contributed by atoms with Crippen LogP contribution in [0.2, 0.25) is 0 Å². The van der Waals surface area contributed by atoms with Gasteiger partial charge in [-0.2, -0.15) is 0 Å². The highest BCUT2D eigenvalue weighted by Gasteiger charge is 2.22. The number of carbonyl (C=O) groups excluding carboxylic acids is 1. The molecule has 3 aromatic heterocycles. The molecule has 1 saturated heterocycles. The Morgan fingerprint density at radius 2 is 2.03 bits per heavy atom. The Bertz CT molecular complexity index is 1070. The van der Waals surface area contributed by atoms with Crippen LogP contribution < -0.4 is 5.32 Å². The largest absolute Gasteiger partial charge is 0.339 e. The summed E-state index contributed by atoms with van der Waals surface area (Å²) in [6, 6.07) is 7.84. The van der Waals surface area contributed by atoms with E-state index in [0.717, 1.165) is 66.1 Å². The molecule has 8 heteroatoms. The molecule has 4 rings (SSSR count). The van der Waals surface area contributed by atoms with Crippen LogP contribution in [-0.2, 0) is 11.2 Å². The number of amides is 1. The molecule has 160 valence electrons. The molecular weight excluding hydrogens is 408 g/mol. The maximum Gasteiger partial charge on any atom is 0.246 e. The van der Waals surface area contributed by atoms with Gasteiger partial charge in [-0.1, -0.05) is 6.07 Å². The Balaban J connectivity index is 1.28. The fourth-order valence-electron chi connectivity index (χ4n) is 3.69. The van der Waals surface area contributed by atoms with E-state index in [0.29, 0.717) is 5.92 Å². The standard InChI is InChI=1S/C23H26N6OS/c1-16-4-3-5-21(26-16)28-22-13-20(24-15-25-22)12-18-8-10-29(11-9-18)23(30)7-6-19-14-31-17(2)27-19/h3-7,13-15,18H,8-12H2,1-2H3,(H,24,25,26,28)/b7-6+. The van der Waals surface area contributed by atoms with E-state index in [2.05, 4.69) is 25.3 Å². The lowest BCUT2D eigenvalue weighted by Gasteiger charge is -2.31. The van der Waals surface area contributed by atoms with E-state index in [4.69, 9.17) is 0 Å². The quantitative estimate of drug-likeness (QED) is 0.586. The molecule has 4 heterocycles. The van der Waals surface area contributed by atoms with Gasteiger partial charge in [0, 0.05) is 42.0 Å².